The van der Waals surface area contributed by atoms with Crippen molar-refractivity contribution in [2.75, 3.05) is 0 Å². The van der Waals surface area contributed by atoms with Gasteiger partial charge in [-0.1, -0.05) is 24.9 Å². The third-order valence-electron chi connectivity index (χ3n) is 3.51. The molecule has 0 bridgehead atoms. The van der Waals surface area contributed by atoms with Crippen molar-refractivity contribution < 1.29 is 14.7 Å². The summed E-state index contributed by atoms with van der Waals surface area (Å²) in [7, 11) is 0. The van der Waals surface area contributed by atoms with E-state index in [1.807, 2.05) is 13.8 Å². The zero-order valence-corrected chi connectivity index (χ0v) is 13.5. The molecule has 118 valence electrons. The Labute approximate surface area is 130 Å². The van der Waals surface area contributed by atoms with Gasteiger partial charge >= 0.3 is 5.97 Å². The minimum absolute atomic E-state index is 0.00234. The molecular weight excluding hydrogens is 292 g/mol. The number of nitrogens with zero attached hydrogens (tertiary/aromatic N) is 1. The fraction of sp³-hybridized carbons (Fsp3) is 0.600. The highest BCUT2D eigenvalue weighted by atomic mass is 35.5. The van der Waals surface area contributed by atoms with Gasteiger partial charge < -0.3 is 15.0 Å². The number of aliphatic carboxylic acids is 1. The maximum Gasteiger partial charge on any atom is 0.306 e. The van der Waals surface area contributed by atoms with Crippen molar-refractivity contribution in [2.45, 2.75) is 52.6 Å². The number of rotatable bonds is 8. The van der Waals surface area contributed by atoms with Crippen LogP contribution in [0.3, 0.4) is 0 Å². The van der Waals surface area contributed by atoms with Gasteiger partial charge in [0.1, 0.15) is 5.69 Å². The molecule has 0 aromatic carbocycles. The Morgan fingerprint density at radius 3 is 2.62 bits per heavy atom. The first-order chi connectivity index (χ1) is 9.85. The molecule has 6 heteroatoms. The Hall–Kier alpha value is -1.49. The fourth-order valence-electron chi connectivity index (χ4n) is 2.15. The molecular formula is C15H23ClN2O3. The molecule has 0 aliphatic rings. The van der Waals surface area contributed by atoms with Gasteiger partial charge in [0.15, 0.2) is 0 Å². The third kappa shape index (κ3) is 5.42. The number of hydrogen-bond acceptors (Lipinski definition) is 2. The smallest absolute Gasteiger partial charge is 0.306 e. The number of halogens is 1. The van der Waals surface area contributed by atoms with Crippen LogP contribution in [0.2, 0.25) is 5.02 Å². The summed E-state index contributed by atoms with van der Waals surface area (Å²) in [5.41, 5.74) is 0.549. The van der Waals surface area contributed by atoms with Crippen LogP contribution >= 0.6 is 11.6 Å². The topological polar surface area (TPSA) is 71.3 Å². The van der Waals surface area contributed by atoms with Gasteiger partial charge in [-0.15, -0.1) is 0 Å². The zero-order chi connectivity index (χ0) is 16.0. The van der Waals surface area contributed by atoms with Crippen LogP contribution in [0.15, 0.2) is 12.3 Å². The van der Waals surface area contributed by atoms with E-state index in [1.54, 1.807) is 23.8 Å². The highest BCUT2D eigenvalue weighted by Gasteiger charge is 2.16. The molecule has 5 nitrogen and oxygen atoms in total. The second-order valence-electron chi connectivity index (χ2n) is 5.37. The normalized spacial score (nSPS) is 13.7. The zero-order valence-electron chi connectivity index (χ0n) is 12.7. The van der Waals surface area contributed by atoms with Gasteiger partial charge in [-0.25, -0.2) is 0 Å². The van der Waals surface area contributed by atoms with Gasteiger partial charge in [0.2, 0.25) is 0 Å². The Bertz CT molecular complexity index is 499. The van der Waals surface area contributed by atoms with E-state index in [-0.39, 0.29) is 17.9 Å². The molecule has 0 spiro atoms. The average molecular weight is 315 g/mol. The van der Waals surface area contributed by atoms with Crippen LogP contribution in [0.5, 0.6) is 0 Å². The highest BCUT2D eigenvalue weighted by molar-refractivity contribution is 6.31. The number of carbonyl (C=O) groups excluding carboxylic acids is 1. The molecule has 2 atom stereocenters. The molecule has 2 N–H and O–H groups in total. The number of aryl methyl sites for hydroxylation is 1. The number of carbonyl (C=O) groups is 2. The summed E-state index contributed by atoms with van der Waals surface area (Å²) in [6.07, 6.45) is 3.87. The van der Waals surface area contributed by atoms with Crippen molar-refractivity contribution in [3.63, 3.8) is 0 Å². The Morgan fingerprint density at radius 2 is 2.05 bits per heavy atom. The number of nitrogens with one attached hydrogen (secondary N) is 1. The summed E-state index contributed by atoms with van der Waals surface area (Å²) in [6.45, 7) is 6.25. The van der Waals surface area contributed by atoms with E-state index in [4.69, 9.17) is 16.7 Å². The van der Waals surface area contributed by atoms with Crippen LogP contribution in [0.1, 0.15) is 50.5 Å². The molecule has 1 amide bonds. The minimum Gasteiger partial charge on any atom is -0.481 e. The van der Waals surface area contributed by atoms with Crippen LogP contribution in [-0.4, -0.2) is 27.6 Å². The lowest BCUT2D eigenvalue weighted by Gasteiger charge is -2.15. The number of amides is 1. The van der Waals surface area contributed by atoms with Gasteiger partial charge in [-0.2, -0.15) is 0 Å². The van der Waals surface area contributed by atoms with E-state index in [1.165, 1.54) is 0 Å². The fourth-order valence-corrected chi connectivity index (χ4v) is 2.37. The SMILES string of the molecule is CCn1cc(Cl)cc1C(=O)NC(C)CCCC(C)C(=O)O. The van der Waals surface area contributed by atoms with Crippen molar-refractivity contribution >= 4 is 23.5 Å². The minimum atomic E-state index is -0.776. The predicted octanol–water partition coefficient (Wildman–Crippen LogP) is 3.17. The summed E-state index contributed by atoms with van der Waals surface area (Å²) in [4.78, 5) is 22.9. The van der Waals surface area contributed by atoms with Crippen molar-refractivity contribution in [3.8, 4) is 0 Å². The van der Waals surface area contributed by atoms with Crippen molar-refractivity contribution in [1.82, 2.24) is 9.88 Å². The molecule has 0 radical (unpaired) electrons. The second-order valence-corrected chi connectivity index (χ2v) is 5.81. The molecule has 0 saturated heterocycles. The molecule has 0 aliphatic heterocycles. The lowest BCUT2D eigenvalue weighted by atomic mass is 10.0. The van der Waals surface area contributed by atoms with E-state index in [9.17, 15) is 9.59 Å². The highest BCUT2D eigenvalue weighted by Crippen LogP contribution is 2.15. The van der Waals surface area contributed by atoms with Crippen molar-refractivity contribution in [3.05, 3.63) is 23.0 Å². The molecule has 1 aromatic heterocycles. The molecule has 1 heterocycles. The van der Waals surface area contributed by atoms with E-state index < -0.39 is 5.97 Å². The van der Waals surface area contributed by atoms with Crippen LogP contribution in [0.4, 0.5) is 0 Å². The number of carboxylic acid groups (broad SMARTS) is 1. The van der Waals surface area contributed by atoms with Gasteiger partial charge in [0.25, 0.3) is 5.91 Å². The van der Waals surface area contributed by atoms with E-state index in [0.717, 1.165) is 12.8 Å². The van der Waals surface area contributed by atoms with E-state index in [2.05, 4.69) is 5.32 Å². The lowest BCUT2D eigenvalue weighted by molar-refractivity contribution is -0.141. The molecule has 21 heavy (non-hydrogen) atoms. The van der Waals surface area contributed by atoms with Crippen molar-refractivity contribution in [2.24, 2.45) is 5.92 Å². The summed E-state index contributed by atoms with van der Waals surface area (Å²) >= 11 is 5.92. The summed E-state index contributed by atoms with van der Waals surface area (Å²) in [6, 6.07) is 1.65. The first-order valence-electron chi connectivity index (χ1n) is 7.24. The van der Waals surface area contributed by atoms with Gasteiger partial charge in [-0.3, -0.25) is 9.59 Å². The predicted molar refractivity (Wildman–Crippen MR) is 82.7 cm³/mol. The van der Waals surface area contributed by atoms with E-state index in [0.29, 0.717) is 23.7 Å². The number of aromatic nitrogens is 1. The second kappa shape index (κ2) is 8.08. The maximum atomic E-state index is 12.2. The van der Waals surface area contributed by atoms with Crippen LogP contribution in [0.25, 0.3) is 0 Å². The average Bonchev–Trinajstić information content (AvgIpc) is 2.79. The largest absolute Gasteiger partial charge is 0.481 e. The molecule has 1 rings (SSSR count). The van der Waals surface area contributed by atoms with E-state index >= 15 is 0 Å². The first-order valence-corrected chi connectivity index (χ1v) is 7.62. The summed E-state index contributed by atoms with van der Waals surface area (Å²) < 4.78 is 1.80. The molecule has 0 fully saturated rings. The maximum absolute atomic E-state index is 12.2. The molecule has 1 aromatic rings. The Kier molecular flexibility index (Phi) is 6.75. The van der Waals surface area contributed by atoms with Crippen molar-refractivity contribution in [1.29, 1.82) is 0 Å². The van der Waals surface area contributed by atoms with Crippen LogP contribution < -0.4 is 5.32 Å². The van der Waals surface area contributed by atoms with Gasteiger partial charge in [-0.05, 0) is 32.8 Å². The monoisotopic (exact) mass is 314 g/mol. The van der Waals surface area contributed by atoms with Crippen LogP contribution in [-0.2, 0) is 11.3 Å². The quantitative estimate of drug-likeness (QED) is 0.774. The molecule has 2 unspecified atom stereocenters. The summed E-state index contributed by atoms with van der Waals surface area (Å²) in [5, 5.41) is 12.3. The Balaban J connectivity index is 2.45. The van der Waals surface area contributed by atoms with Gasteiger partial charge in [0, 0.05) is 18.8 Å². The lowest BCUT2D eigenvalue weighted by Crippen LogP contribution is -2.33. The standard InChI is InChI=1S/C15H23ClN2O3/c1-4-18-9-12(16)8-13(18)14(19)17-11(3)7-5-6-10(2)15(20)21/h8-11H,4-7H2,1-3H3,(H,17,19)(H,20,21). The summed E-state index contributed by atoms with van der Waals surface area (Å²) in [5.74, 6) is -1.27. The third-order valence-corrected chi connectivity index (χ3v) is 3.72. The molecule has 0 aliphatic carbocycles. The number of hydrogen-bond donors (Lipinski definition) is 2. The molecule has 0 saturated carbocycles. The first kappa shape index (κ1) is 17.6. The van der Waals surface area contributed by atoms with Crippen LogP contribution in [0, 0.1) is 5.92 Å². The number of carboxylic acids is 1. The Morgan fingerprint density at radius 1 is 1.38 bits per heavy atom. The van der Waals surface area contributed by atoms with Gasteiger partial charge in [0.05, 0.1) is 10.9 Å².